The van der Waals surface area contributed by atoms with Gasteiger partial charge >= 0.3 is 11.9 Å². The first-order valence-corrected chi connectivity index (χ1v) is 11.1. The SMILES string of the molecule is COc1cccc(Cn2c(=O)c(C(=O)NC[C@H]3CCCO3)nn(-c3ccc(C(F)(F)F)cc3)c2=O)c1. The lowest BCUT2D eigenvalue weighted by Crippen LogP contribution is -2.46. The van der Waals surface area contributed by atoms with E-state index in [4.69, 9.17) is 9.47 Å². The van der Waals surface area contributed by atoms with Gasteiger partial charge in [0.25, 0.3) is 11.5 Å². The summed E-state index contributed by atoms with van der Waals surface area (Å²) < 4.78 is 51.2. The number of benzene rings is 2. The molecule has 0 unspecified atom stereocenters. The molecule has 1 aromatic heterocycles. The lowest BCUT2D eigenvalue weighted by Gasteiger charge is -2.14. The fourth-order valence-corrected chi connectivity index (χ4v) is 3.81. The van der Waals surface area contributed by atoms with Crippen LogP contribution in [0.2, 0.25) is 0 Å². The van der Waals surface area contributed by atoms with Gasteiger partial charge in [0.1, 0.15) is 5.75 Å². The van der Waals surface area contributed by atoms with Gasteiger partial charge in [0.15, 0.2) is 0 Å². The summed E-state index contributed by atoms with van der Waals surface area (Å²) in [4.78, 5) is 39.3. The number of nitrogens with one attached hydrogen (secondary N) is 1. The molecule has 1 fully saturated rings. The van der Waals surface area contributed by atoms with Crippen molar-refractivity contribution in [3.63, 3.8) is 0 Å². The maximum atomic E-state index is 13.2. The van der Waals surface area contributed by atoms with Gasteiger partial charge in [-0.05, 0) is 54.8 Å². The minimum atomic E-state index is -4.57. The maximum absolute atomic E-state index is 13.2. The molecule has 1 amide bonds. The summed E-state index contributed by atoms with van der Waals surface area (Å²) in [7, 11) is 1.46. The van der Waals surface area contributed by atoms with Crippen molar-refractivity contribution in [2.45, 2.75) is 31.7 Å². The van der Waals surface area contributed by atoms with E-state index in [2.05, 4.69) is 10.4 Å². The molecular formula is C24H23F3N4O5. The Kier molecular flexibility index (Phi) is 7.25. The van der Waals surface area contributed by atoms with Gasteiger partial charge in [-0.25, -0.2) is 4.79 Å². The predicted molar refractivity (Wildman–Crippen MR) is 122 cm³/mol. The molecule has 1 N–H and O–H groups in total. The van der Waals surface area contributed by atoms with Gasteiger partial charge in [0.2, 0.25) is 5.69 Å². The van der Waals surface area contributed by atoms with E-state index in [1.807, 2.05) is 0 Å². The quantitative estimate of drug-likeness (QED) is 0.530. The number of alkyl halides is 3. The van der Waals surface area contributed by atoms with Crippen LogP contribution < -0.4 is 21.3 Å². The summed E-state index contributed by atoms with van der Waals surface area (Å²) in [6.07, 6.45) is -3.17. The minimum absolute atomic E-state index is 0.0411. The number of rotatable bonds is 7. The highest BCUT2D eigenvalue weighted by Gasteiger charge is 2.30. The largest absolute Gasteiger partial charge is 0.497 e. The molecule has 1 atom stereocenters. The second-order valence-corrected chi connectivity index (χ2v) is 8.18. The molecule has 3 aromatic rings. The van der Waals surface area contributed by atoms with Gasteiger partial charge in [-0.2, -0.15) is 23.0 Å². The minimum Gasteiger partial charge on any atom is -0.497 e. The Morgan fingerprint density at radius 2 is 1.94 bits per heavy atom. The van der Waals surface area contributed by atoms with E-state index < -0.39 is 34.6 Å². The molecule has 12 heteroatoms. The lowest BCUT2D eigenvalue weighted by molar-refractivity contribution is -0.137. The van der Waals surface area contributed by atoms with Gasteiger partial charge < -0.3 is 14.8 Å². The third-order valence-electron chi connectivity index (χ3n) is 5.70. The molecule has 190 valence electrons. The topological polar surface area (TPSA) is 104 Å². The van der Waals surface area contributed by atoms with Crippen molar-refractivity contribution >= 4 is 5.91 Å². The van der Waals surface area contributed by atoms with Crippen LogP contribution in [0.15, 0.2) is 58.1 Å². The molecule has 0 bridgehead atoms. The number of hydrogen-bond donors (Lipinski definition) is 1. The number of aromatic nitrogens is 3. The first-order valence-electron chi connectivity index (χ1n) is 11.1. The third-order valence-corrected chi connectivity index (χ3v) is 5.70. The van der Waals surface area contributed by atoms with Gasteiger partial charge in [-0.1, -0.05) is 12.1 Å². The number of halogens is 3. The molecule has 9 nitrogen and oxygen atoms in total. The van der Waals surface area contributed by atoms with E-state index in [0.29, 0.717) is 17.9 Å². The van der Waals surface area contributed by atoms with Crippen LogP contribution in [0.1, 0.15) is 34.5 Å². The van der Waals surface area contributed by atoms with E-state index >= 15 is 0 Å². The highest BCUT2D eigenvalue weighted by atomic mass is 19.4. The Balaban J connectivity index is 1.77. The summed E-state index contributed by atoms with van der Waals surface area (Å²) in [5.41, 5.74) is -2.85. The van der Waals surface area contributed by atoms with Crippen molar-refractivity contribution < 1.29 is 27.4 Å². The fraction of sp³-hybridized carbons (Fsp3) is 0.333. The Morgan fingerprint density at radius 1 is 1.19 bits per heavy atom. The average Bonchev–Trinajstić information content (AvgIpc) is 3.39. The van der Waals surface area contributed by atoms with E-state index in [1.54, 1.807) is 24.3 Å². The number of carbonyl (C=O) groups excluding carboxylic acids is 1. The Labute approximate surface area is 203 Å². The van der Waals surface area contributed by atoms with Crippen molar-refractivity contribution in [2.24, 2.45) is 0 Å². The molecule has 1 aliphatic rings. The van der Waals surface area contributed by atoms with Gasteiger partial charge in [-0.3, -0.25) is 14.2 Å². The standard InChI is InChI=1S/C24H23F3N4O5/c1-35-18-5-2-4-15(12-18)14-30-22(33)20(21(32)28-13-19-6-3-11-36-19)29-31(23(30)34)17-9-7-16(8-10-17)24(25,26)27/h2,4-5,7-10,12,19H,3,6,11,13-14H2,1H3,(H,28,32)/t19-/m1/s1. The van der Waals surface area contributed by atoms with Crippen LogP contribution in [0.25, 0.3) is 5.69 Å². The Morgan fingerprint density at radius 3 is 2.58 bits per heavy atom. The average molecular weight is 504 g/mol. The highest BCUT2D eigenvalue weighted by Crippen LogP contribution is 2.29. The molecular weight excluding hydrogens is 481 g/mol. The predicted octanol–water partition coefficient (Wildman–Crippen LogP) is 2.38. The van der Waals surface area contributed by atoms with Crippen LogP contribution >= 0.6 is 0 Å². The zero-order valence-corrected chi connectivity index (χ0v) is 19.2. The first kappa shape index (κ1) is 25.2. The molecule has 0 radical (unpaired) electrons. The maximum Gasteiger partial charge on any atom is 0.416 e. The van der Waals surface area contributed by atoms with E-state index in [0.717, 1.165) is 46.4 Å². The summed E-state index contributed by atoms with van der Waals surface area (Å²) in [5.74, 6) is -0.331. The van der Waals surface area contributed by atoms with Crippen molar-refractivity contribution in [1.29, 1.82) is 0 Å². The number of nitrogens with zero attached hydrogens (tertiary/aromatic N) is 3. The molecule has 0 aliphatic carbocycles. The molecule has 36 heavy (non-hydrogen) atoms. The number of methoxy groups -OCH3 is 1. The molecule has 4 rings (SSSR count). The summed E-state index contributed by atoms with van der Waals surface area (Å²) in [6.45, 7) is 0.504. The normalized spacial score (nSPS) is 15.6. The van der Waals surface area contributed by atoms with Crippen LogP contribution in [-0.2, 0) is 17.5 Å². The van der Waals surface area contributed by atoms with Gasteiger partial charge in [0, 0.05) is 13.2 Å². The number of amides is 1. The van der Waals surface area contributed by atoms with Crippen LogP contribution in [0.3, 0.4) is 0 Å². The van der Waals surface area contributed by atoms with Crippen LogP contribution in [0, 0.1) is 0 Å². The van der Waals surface area contributed by atoms with Crippen LogP contribution in [0.4, 0.5) is 13.2 Å². The molecule has 1 saturated heterocycles. The van der Waals surface area contributed by atoms with Crippen LogP contribution in [0.5, 0.6) is 5.75 Å². The number of carbonyl (C=O) groups is 1. The van der Waals surface area contributed by atoms with Gasteiger partial charge in [0.05, 0.1) is 31.0 Å². The smallest absolute Gasteiger partial charge is 0.416 e. The first-order chi connectivity index (χ1) is 17.2. The molecule has 1 aliphatic heterocycles. The second kappa shape index (κ2) is 10.4. The summed E-state index contributed by atoms with van der Waals surface area (Å²) in [6, 6.07) is 10.3. The van der Waals surface area contributed by atoms with Crippen LogP contribution in [-0.4, -0.2) is 46.6 Å². The molecule has 0 spiro atoms. The fourth-order valence-electron chi connectivity index (χ4n) is 3.81. The van der Waals surface area contributed by atoms with Crippen molar-refractivity contribution in [3.8, 4) is 11.4 Å². The molecule has 0 saturated carbocycles. The molecule has 2 aromatic carbocycles. The Bertz CT molecular complexity index is 1360. The molecule has 2 heterocycles. The third kappa shape index (κ3) is 5.48. The zero-order chi connectivity index (χ0) is 25.9. The monoisotopic (exact) mass is 504 g/mol. The summed E-state index contributed by atoms with van der Waals surface area (Å²) >= 11 is 0. The Hall–Kier alpha value is -3.93. The number of hydrogen-bond acceptors (Lipinski definition) is 6. The highest BCUT2D eigenvalue weighted by molar-refractivity contribution is 5.91. The second-order valence-electron chi connectivity index (χ2n) is 8.18. The summed E-state index contributed by atoms with van der Waals surface area (Å²) in [5, 5.41) is 6.52. The van der Waals surface area contributed by atoms with Crippen molar-refractivity contribution in [1.82, 2.24) is 19.7 Å². The van der Waals surface area contributed by atoms with E-state index in [-0.39, 0.29) is 24.9 Å². The van der Waals surface area contributed by atoms with E-state index in [1.165, 1.54) is 7.11 Å². The van der Waals surface area contributed by atoms with Crippen molar-refractivity contribution in [2.75, 3.05) is 20.3 Å². The zero-order valence-electron chi connectivity index (χ0n) is 19.2. The number of ether oxygens (including phenoxy) is 2. The van der Waals surface area contributed by atoms with E-state index in [9.17, 15) is 27.6 Å². The lowest BCUT2D eigenvalue weighted by atomic mass is 10.2. The van der Waals surface area contributed by atoms with Crippen molar-refractivity contribution in [3.05, 3.63) is 86.2 Å². The van der Waals surface area contributed by atoms with Gasteiger partial charge in [-0.15, -0.1) is 0 Å².